The molecule has 108 valence electrons. The maximum atomic E-state index is 6.32. The van der Waals surface area contributed by atoms with E-state index >= 15 is 0 Å². The number of hydrogen-bond donors (Lipinski definition) is 1. The molecule has 1 aromatic heterocycles. The van der Waals surface area contributed by atoms with Crippen molar-refractivity contribution < 1.29 is 4.74 Å². The molecular weight excluding hydrogens is 240 g/mol. The molecule has 1 aromatic rings. The third-order valence-corrected chi connectivity index (χ3v) is 3.79. The second-order valence-corrected chi connectivity index (χ2v) is 5.21. The van der Waals surface area contributed by atoms with E-state index in [0.29, 0.717) is 0 Å². The summed E-state index contributed by atoms with van der Waals surface area (Å²) < 4.78 is 8.01. The first-order valence-electron chi connectivity index (χ1n) is 7.34. The molecule has 5 nitrogen and oxygen atoms in total. The number of aromatic nitrogens is 2. The zero-order chi connectivity index (χ0) is 13.7. The second kappa shape index (κ2) is 7.03. The van der Waals surface area contributed by atoms with Crippen molar-refractivity contribution in [2.45, 2.75) is 45.4 Å². The molecule has 2 heterocycles. The Morgan fingerprint density at radius 1 is 1.53 bits per heavy atom. The number of nitrogens with zero attached hydrogens (tertiary/aromatic N) is 3. The fourth-order valence-corrected chi connectivity index (χ4v) is 2.59. The Labute approximate surface area is 115 Å². The minimum absolute atomic E-state index is 0.0207. The van der Waals surface area contributed by atoms with E-state index in [1.165, 1.54) is 0 Å². The van der Waals surface area contributed by atoms with Gasteiger partial charge in [0.15, 0.2) is 0 Å². The Morgan fingerprint density at radius 2 is 2.37 bits per heavy atom. The third-order valence-electron chi connectivity index (χ3n) is 3.79. The van der Waals surface area contributed by atoms with Crippen LogP contribution in [0.5, 0.6) is 0 Å². The summed E-state index contributed by atoms with van der Waals surface area (Å²) in [5.41, 5.74) is 6.32. The molecule has 2 N–H and O–H groups in total. The number of morpholine rings is 1. The Balaban J connectivity index is 1.92. The van der Waals surface area contributed by atoms with Gasteiger partial charge in [-0.2, -0.15) is 0 Å². The molecule has 19 heavy (non-hydrogen) atoms. The average Bonchev–Trinajstić information content (AvgIpc) is 2.86. The highest BCUT2D eigenvalue weighted by atomic mass is 16.5. The van der Waals surface area contributed by atoms with E-state index in [4.69, 9.17) is 10.5 Å². The SMILES string of the molecule is CCCn1ccnc1CC(N)C1CN(CC)CCO1. The summed E-state index contributed by atoms with van der Waals surface area (Å²) in [6.45, 7) is 9.17. The molecule has 1 saturated heterocycles. The van der Waals surface area contributed by atoms with Crippen LogP contribution in [0.3, 0.4) is 0 Å². The van der Waals surface area contributed by atoms with Crippen LogP contribution in [0.25, 0.3) is 0 Å². The van der Waals surface area contributed by atoms with Crippen LogP contribution in [0, 0.1) is 0 Å². The van der Waals surface area contributed by atoms with Crippen LogP contribution < -0.4 is 5.73 Å². The number of imidazole rings is 1. The summed E-state index contributed by atoms with van der Waals surface area (Å²) in [5.74, 6) is 1.08. The number of nitrogens with two attached hydrogens (primary N) is 1. The molecule has 1 fully saturated rings. The van der Waals surface area contributed by atoms with Crippen LogP contribution in [0.1, 0.15) is 26.1 Å². The lowest BCUT2D eigenvalue weighted by Gasteiger charge is -2.35. The van der Waals surface area contributed by atoms with Crippen molar-refractivity contribution in [2.75, 3.05) is 26.2 Å². The van der Waals surface area contributed by atoms with Crippen molar-refractivity contribution in [3.63, 3.8) is 0 Å². The molecule has 0 saturated carbocycles. The summed E-state index contributed by atoms with van der Waals surface area (Å²) in [6, 6.07) is 0.0207. The molecule has 5 heteroatoms. The minimum Gasteiger partial charge on any atom is -0.374 e. The predicted molar refractivity (Wildman–Crippen MR) is 76.1 cm³/mol. The Morgan fingerprint density at radius 3 is 3.11 bits per heavy atom. The molecule has 2 unspecified atom stereocenters. The monoisotopic (exact) mass is 266 g/mol. The van der Waals surface area contributed by atoms with Crippen molar-refractivity contribution in [3.8, 4) is 0 Å². The normalized spacial score (nSPS) is 22.6. The Bertz CT molecular complexity index is 379. The van der Waals surface area contributed by atoms with E-state index in [-0.39, 0.29) is 12.1 Å². The van der Waals surface area contributed by atoms with Crippen LogP contribution in [-0.4, -0.2) is 52.8 Å². The van der Waals surface area contributed by atoms with E-state index in [1.807, 2.05) is 12.4 Å². The molecule has 1 aliphatic rings. The number of likely N-dealkylation sites (N-methyl/N-ethyl adjacent to an activating group) is 1. The zero-order valence-electron chi connectivity index (χ0n) is 12.1. The van der Waals surface area contributed by atoms with Crippen molar-refractivity contribution in [2.24, 2.45) is 5.73 Å². The van der Waals surface area contributed by atoms with Crippen LogP contribution in [0.2, 0.25) is 0 Å². The van der Waals surface area contributed by atoms with E-state index in [1.54, 1.807) is 0 Å². The van der Waals surface area contributed by atoms with Gasteiger partial charge in [0.2, 0.25) is 0 Å². The summed E-state index contributed by atoms with van der Waals surface area (Å²) >= 11 is 0. The lowest BCUT2D eigenvalue weighted by atomic mass is 10.1. The van der Waals surface area contributed by atoms with Crippen LogP contribution in [-0.2, 0) is 17.7 Å². The van der Waals surface area contributed by atoms with Crippen LogP contribution >= 0.6 is 0 Å². The van der Waals surface area contributed by atoms with Gasteiger partial charge < -0.3 is 15.0 Å². The van der Waals surface area contributed by atoms with Gasteiger partial charge in [0.05, 0.1) is 12.7 Å². The number of ether oxygens (including phenoxy) is 1. The highest BCUT2D eigenvalue weighted by molar-refractivity contribution is 4.97. The van der Waals surface area contributed by atoms with Gasteiger partial charge in [0.25, 0.3) is 0 Å². The lowest BCUT2D eigenvalue weighted by Crippen LogP contribution is -2.51. The molecular formula is C14H26N4O. The topological polar surface area (TPSA) is 56.3 Å². The van der Waals surface area contributed by atoms with Crippen molar-refractivity contribution in [1.29, 1.82) is 0 Å². The average molecular weight is 266 g/mol. The first-order valence-corrected chi connectivity index (χ1v) is 7.34. The summed E-state index contributed by atoms with van der Waals surface area (Å²) in [7, 11) is 0. The first-order chi connectivity index (χ1) is 9.24. The highest BCUT2D eigenvalue weighted by Crippen LogP contribution is 2.11. The van der Waals surface area contributed by atoms with Crippen LogP contribution in [0.4, 0.5) is 0 Å². The van der Waals surface area contributed by atoms with Crippen LogP contribution in [0.15, 0.2) is 12.4 Å². The fraction of sp³-hybridized carbons (Fsp3) is 0.786. The standard InChI is InChI=1S/C14H26N4O/c1-3-6-18-7-5-16-14(18)10-12(15)13-11-17(4-2)8-9-19-13/h5,7,12-13H,3-4,6,8-11,15H2,1-2H3. The Kier molecular flexibility index (Phi) is 5.36. The van der Waals surface area contributed by atoms with Gasteiger partial charge in [-0.3, -0.25) is 4.90 Å². The summed E-state index contributed by atoms with van der Waals surface area (Å²) in [4.78, 5) is 6.82. The maximum Gasteiger partial charge on any atom is 0.110 e. The van der Waals surface area contributed by atoms with Gasteiger partial charge in [0, 0.05) is 44.5 Å². The highest BCUT2D eigenvalue weighted by Gasteiger charge is 2.26. The first kappa shape index (κ1) is 14.5. The van der Waals surface area contributed by atoms with Gasteiger partial charge in [-0.15, -0.1) is 0 Å². The third kappa shape index (κ3) is 3.78. The quantitative estimate of drug-likeness (QED) is 0.830. The zero-order valence-corrected chi connectivity index (χ0v) is 12.1. The summed E-state index contributed by atoms with van der Waals surface area (Å²) in [6.07, 6.45) is 5.92. The fourth-order valence-electron chi connectivity index (χ4n) is 2.59. The van der Waals surface area contributed by atoms with E-state index in [9.17, 15) is 0 Å². The molecule has 0 bridgehead atoms. The van der Waals surface area contributed by atoms with Crippen molar-refractivity contribution in [3.05, 3.63) is 18.2 Å². The minimum atomic E-state index is 0.0207. The van der Waals surface area contributed by atoms with E-state index in [2.05, 4.69) is 28.3 Å². The molecule has 0 amide bonds. The van der Waals surface area contributed by atoms with Gasteiger partial charge in [0.1, 0.15) is 5.82 Å². The molecule has 0 spiro atoms. The Hall–Kier alpha value is -0.910. The van der Waals surface area contributed by atoms with E-state index in [0.717, 1.165) is 51.5 Å². The number of aryl methyl sites for hydroxylation is 1. The number of hydrogen-bond acceptors (Lipinski definition) is 4. The maximum absolute atomic E-state index is 6.32. The molecule has 2 rings (SSSR count). The molecule has 0 radical (unpaired) electrons. The predicted octanol–water partition coefficient (Wildman–Crippen LogP) is 0.884. The van der Waals surface area contributed by atoms with E-state index < -0.39 is 0 Å². The lowest BCUT2D eigenvalue weighted by molar-refractivity contribution is -0.0388. The van der Waals surface area contributed by atoms with Crippen molar-refractivity contribution in [1.82, 2.24) is 14.5 Å². The largest absolute Gasteiger partial charge is 0.374 e. The smallest absolute Gasteiger partial charge is 0.110 e. The number of rotatable bonds is 6. The van der Waals surface area contributed by atoms with Gasteiger partial charge in [-0.25, -0.2) is 4.98 Å². The molecule has 1 aliphatic heterocycles. The van der Waals surface area contributed by atoms with Crippen molar-refractivity contribution >= 4 is 0 Å². The molecule has 2 atom stereocenters. The van der Waals surface area contributed by atoms with Gasteiger partial charge >= 0.3 is 0 Å². The van der Waals surface area contributed by atoms with Gasteiger partial charge in [-0.05, 0) is 13.0 Å². The van der Waals surface area contributed by atoms with Gasteiger partial charge in [-0.1, -0.05) is 13.8 Å². The molecule has 0 aromatic carbocycles. The second-order valence-electron chi connectivity index (χ2n) is 5.21. The molecule has 0 aliphatic carbocycles. The summed E-state index contributed by atoms with van der Waals surface area (Å²) in [5, 5.41) is 0.